The average Bonchev–Trinajstić information content (AvgIpc) is 2.46. The van der Waals surface area contributed by atoms with Crippen molar-refractivity contribution in [1.82, 2.24) is 0 Å². The minimum atomic E-state index is -1.08. The lowest BCUT2D eigenvalue weighted by Crippen LogP contribution is -2.17. The Labute approximate surface area is 76.8 Å². The van der Waals surface area contributed by atoms with Crippen molar-refractivity contribution < 1.29 is 19.7 Å². The number of carbonyl (C=O) groups excluding carboxylic acids is 1. The van der Waals surface area contributed by atoms with E-state index in [1.54, 1.807) is 6.08 Å². The lowest BCUT2D eigenvalue weighted by Gasteiger charge is -2.07. The molecular weight excluding hydrogens is 172 g/mol. The number of aliphatic hydroxyl groups excluding tert-OH is 2. The normalized spacial score (nSPS) is 24.5. The fourth-order valence-corrected chi connectivity index (χ4v) is 1.20. The van der Waals surface area contributed by atoms with E-state index in [4.69, 9.17) is 9.84 Å². The van der Waals surface area contributed by atoms with E-state index in [0.29, 0.717) is 0 Å². The Hall–Kier alpha value is -0.870. The molecule has 4 heteroatoms. The van der Waals surface area contributed by atoms with Crippen LogP contribution in [0, 0.1) is 11.8 Å². The molecule has 1 aliphatic rings. The average molecular weight is 186 g/mol. The highest BCUT2D eigenvalue weighted by Crippen LogP contribution is 2.25. The monoisotopic (exact) mass is 186 g/mol. The van der Waals surface area contributed by atoms with Crippen LogP contribution in [-0.4, -0.2) is 28.9 Å². The van der Waals surface area contributed by atoms with Crippen molar-refractivity contribution in [1.29, 1.82) is 0 Å². The third-order valence-corrected chi connectivity index (χ3v) is 2.05. The lowest BCUT2D eigenvalue weighted by atomic mass is 9.96. The summed E-state index contributed by atoms with van der Waals surface area (Å²) in [6.45, 7) is 3.37. The van der Waals surface area contributed by atoms with Crippen LogP contribution >= 0.6 is 0 Å². The summed E-state index contributed by atoms with van der Waals surface area (Å²) in [6, 6.07) is 0. The second kappa shape index (κ2) is 3.89. The van der Waals surface area contributed by atoms with Crippen LogP contribution in [0.25, 0.3) is 0 Å². The molecule has 0 saturated carbocycles. The molecule has 2 N–H and O–H groups in total. The number of hydrogen-bond acceptors (Lipinski definition) is 4. The Bertz CT molecular complexity index is 232. The number of cyclic esters (lactones) is 1. The lowest BCUT2D eigenvalue weighted by molar-refractivity contribution is -0.142. The molecule has 0 spiro atoms. The third kappa shape index (κ3) is 2.08. The quantitative estimate of drug-likeness (QED) is 0.611. The molecule has 1 aliphatic heterocycles. The van der Waals surface area contributed by atoms with Crippen LogP contribution in [0.3, 0.4) is 0 Å². The van der Waals surface area contributed by atoms with Crippen molar-refractivity contribution in [2.75, 3.05) is 6.61 Å². The molecule has 2 atom stereocenters. The van der Waals surface area contributed by atoms with Gasteiger partial charge in [0.05, 0.1) is 12.5 Å². The molecule has 2 unspecified atom stereocenters. The molecule has 0 fully saturated rings. The molecule has 4 nitrogen and oxygen atoms in total. The van der Waals surface area contributed by atoms with Crippen LogP contribution in [0.4, 0.5) is 0 Å². The molecule has 0 bridgehead atoms. The first-order valence-electron chi connectivity index (χ1n) is 4.28. The van der Waals surface area contributed by atoms with Gasteiger partial charge in [0.25, 0.3) is 0 Å². The first kappa shape index (κ1) is 10.2. The maximum absolute atomic E-state index is 11.2. The van der Waals surface area contributed by atoms with Crippen LogP contribution in [0.15, 0.2) is 11.8 Å². The summed E-state index contributed by atoms with van der Waals surface area (Å²) >= 11 is 0. The zero-order chi connectivity index (χ0) is 10.0. The van der Waals surface area contributed by atoms with Crippen LogP contribution in [0.1, 0.15) is 13.8 Å². The van der Waals surface area contributed by atoms with Crippen molar-refractivity contribution in [3.63, 3.8) is 0 Å². The van der Waals surface area contributed by atoms with E-state index in [0.717, 1.165) is 0 Å². The number of hydrogen-bond donors (Lipinski definition) is 2. The van der Waals surface area contributed by atoms with Gasteiger partial charge in [0, 0.05) is 0 Å². The summed E-state index contributed by atoms with van der Waals surface area (Å²) < 4.78 is 4.80. The molecule has 0 radical (unpaired) electrons. The number of esters is 1. The Balaban J connectivity index is 2.71. The molecule has 0 saturated heterocycles. The second-order valence-corrected chi connectivity index (χ2v) is 3.46. The SMILES string of the molecule is CC(C)C1C=C(C(O)CO)OC1=O. The highest BCUT2D eigenvalue weighted by molar-refractivity contribution is 5.78. The predicted octanol–water partition coefficient (Wildman–Crippen LogP) is 0.0525. The van der Waals surface area contributed by atoms with E-state index in [2.05, 4.69) is 0 Å². The van der Waals surface area contributed by atoms with Crippen LogP contribution in [0.2, 0.25) is 0 Å². The minimum Gasteiger partial charge on any atom is -0.428 e. The summed E-state index contributed by atoms with van der Waals surface area (Å²) in [5.74, 6) is -0.323. The van der Waals surface area contributed by atoms with Crippen molar-refractivity contribution in [3.05, 3.63) is 11.8 Å². The maximum Gasteiger partial charge on any atom is 0.318 e. The smallest absolute Gasteiger partial charge is 0.318 e. The van der Waals surface area contributed by atoms with Crippen molar-refractivity contribution in [2.45, 2.75) is 20.0 Å². The van der Waals surface area contributed by atoms with Gasteiger partial charge in [-0.05, 0) is 12.0 Å². The van der Waals surface area contributed by atoms with E-state index in [9.17, 15) is 9.90 Å². The van der Waals surface area contributed by atoms with E-state index in [1.165, 1.54) is 0 Å². The summed E-state index contributed by atoms with van der Waals surface area (Å²) in [6.07, 6.45) is 0.501. The molecule has 0 aliphatic carbocycles. The number of ether oxygens (including phenoxy) is 1. The van der Waals surface area contributed by atoms with Gasteiger partial charge in [-0.3, -0.25) is 4.79 Å². The fourth-order valence-electron chi connectivity index (χ4n) is 1.20. The van der Waals surface area contributed by atoms with Gasteiger partial charge in [0.1, 0.15) is 11.9 Å². The maximum atomic E-state index is 11.2. The van der Waals surface area contributed by atoms with Crippen molar-refractivity contribution >= 4 is 5.97 Å². The molecule has 0 aromatic rings. The summed E-state index contributed by atoms with van der Waals surface area (Å²) in [4.78, 5) is 11.2. The van der Waals surface area contributed by atoms with E-state index < -0.39 is 12.7 Å². The molecule has 0 amide bonds. The fraction of sp³-hybridized carbons (Fsp3) is 0.667. The Morgan fingerprint density at radius 3 is 2.62 bits per heavy atom. The highest BCUT2D eigenvalue weighted by atomic mass is 16.6. The van der Waals surface area contributed by atoms with Crippen molar-refractivity contribution in [2.24, 2.45) is 11.8 Å². The molecule has 0 aromatic carbocycles. The molecule has 74 valence electrons. The predicted molar refractivity (Wildman–Crippen MR) is 45.6 cm³/mol. The Morgan fingerprint density at radius 2 is 2.23 bits per heavy atom. The largest absolute Gasteiger partial charge is 0.428 e. The molecular formula is C9H14O4. The van der Waals surface area contributed by atoms with E-state index in [1.807, 2.05) is 13.8 Å². The van der Waals surface area contributed by atoms with Gasteiger partial charge in [-0.1, -0.05) is 13.8 Å². The molecule has 1 rings (SSSR count). The van der Waals surface area contributed by atoms with Crippen LogP contribution in [-0.2, 0) is 9.53 Å². The molecule has 0 aromatic heterocycles. The van der Waals surface area contributed by atoms with E-state index in [-0.39, 0.29) is 23.6 Å². The van der Waals surface area contributed by atoms with Gasteiger partial charge in [0.2, 0.25) is 0 Å². The summed E-state index contributed by atoms with van der Waals surface area (Å²) in [5, 5.41) is 17.8. The second-order valence-electron chi connectivity index (χ2n) is 3.46. The van der Waals surface area contributed by atoms with Gasteiger partial charge < -0.3 is 14.9 Å². The summed E-state index contributed by atoms with van der Waals surface area (Å²) in [7, 11) is 0. The highest BCUT2D eigenvalue weighted by Gasteiger charge is 2.32. The first-order valence-corrected chi connectivity index (χ1v) is 4.28. The minimum absolute atomic E-state index is 0.149. The summed E-state index contributed by atoms with van der Waals surface area (Å²) in [5.41, 5.74) is 0. The topological polar surface area (TPSA) is 66.8 Å². The van der Waals surface area contributed by atoms with Gasteiger partial charge in [-0.25, -0.2) is 0 Å². The molecule has 13 heavy (non-hydrogen) atoms. The number of aliphatic hydroxyl groups is 2. The van der Waals surface area contributed by atoms with Crippen LogP contribution in [0.5, 0.6) is 0 Å². The standard InChI is InChI=1S/C9H14O4/c1-5(2)6-3-8(7(11)4-10)13-9(6)12/h3,5-7,10-11H,4H2,1-2H3. The third-order valence-electron chi connectivity index (χ3n) is 2.05. The zero-order valence-electron chi connectivity index (χ0n) is 7.73. The van der Waals surface area contributed by atoms with Gasteiger partial charge >= 0.3 is 5.97 Å². The number of rotatable bonds is 3. The van der Waals surface area contributed by atoms with Gasteiger partial charge in [0.15, 0.2) is 0 Å². The Kier molecular flexibility index (Phi) is 3.06. The Morgan fingerprint density at radius 1 is 1.62 bits per heavy atom. The molecule has 1 heterocycles. The van der Waals surface area contributed by atoms with Gasteiger partial charge in [-0.2, -0.15) is 0 Å². The van der Waals surface area contributed by atoms with Gasteiger partial charge in [-0.15, -0.1) is 0 Å². The van der Waals surface area contributed by atoms with E-state index >= 15 is 0 Å². The first-order chi connectivity index (χ1) is 6.06. The van der Waals surface area contributed by atoms with Crippen LogP contribution < -0.4 is 0 Å². The number of carbonyl (C=O) groups is 1. The van der Waals surface area contributed by atoms with Crippen molar-refractivity contribution in [3.8, 4) is 0 Å². The zero-order valence-corrected chi connectivity index (χ0v) is 7.73.